The van der Waals surface area contributed by atoms with Crippen molar-refractivity contribution in [1.82, 2.24) is 0 Å². The van der Waals surface area contributed by atoms with Crippen molar-refractivity contribution in [2.75, 3.05) is 10.0 Å². The maximum Gasteiger partial charge on any atom is 0.262 e. The standard InChI is InChI=1S/C23H24N2O3S/c1-15-9-7-11-21(18(15)4)25-29(27,28)22-14-19(13-12-17(22)3)23(26)24-20-10-6-5-8-16(20)2/h5-14,25H,1-4H3,(H,24,26). The zero-order valence-corrected chi connectivity index (χ0v) is 17.7. The van der Waals surface area contributed by atoms with Crippen LogP contribution in [0.1, 0.15) is 32.6 Å². The third kappa shape index (κ3) is 4.49. The van der Waals surface area contributed by atoms with E-state index in [-0.39, 0.29) is 16.4 Å². The monoisotopic (exact) mass is 408 g/mol. The molecule has 6 heteroatoms. The number of aryl methyl sites for hydroxylation is 3. The van der Waals surface area contributed by atoms with Crippen LogP contribution in [0.3, 0.4) is 0 Å². The maximum atomic E-state index is 13.0. The van der Waals surface area contributed by atoms with Crippen LogP contribution in [-0.4, -0.2) is 14.3 Å². The molecule has 2 N–H and O–H groups in total. The van der Waals surface area contributed by atoms with Crippen molar-refractivity contribution >= 4 is 27.3 Å². The predicted octanol–water partition coefficient (Wildman–Crippen LogP) is 4.97. The molecule has 0 aliphatic carbocycles. The first-order valence-electron chi connectivity index (χ1n) is 9.26. The Kier molecular flexibility index (Phi) is 5.75. The highest BCUT2D eigenvalue weighted by Crippen LogP contribution is 2.25. The van der Waals surface area contributed by atoms with Crippen LogP contribution in [0.25, 0.3) is 0 Å². The molecule has 0 saturated heterocycles. The molecule has 0 aromatic heterocycles. The minimum Gasteiger partial charge on any atom is -0.322 e. The Morgan fingerprint density at radius 1 is 0.759 bits per heavy atom. The number of carbonyl (C=O) groups excluding carboxylic acids is 1. The van der Waals surface area contributed by atoms with Crippen molar-refractivity contribution in [1.29, 1.82) is 0 Å². The summed E-state index contributed by atoms with van der Waals surface area (Å²) in [5.74, 6) is -0.359. The average Bonchev–Trinajstić information content (AvgIpc) is 2.67. The van der Waals surface area contributed by atoms with Crippen LogP contribution in [0, 0.1) is 27.7 Å². The van der Waals surface area contributed by atoms with Gasteiger partial charge in [-0.15, -0.1) is 0 Å². The highest BCUT2D eigenvalue weighted by molar-refractivity contribution is 7.92. The van der Waals surface area contributed by atoms with Gasteiger partial charge in [-0.2, -0.15) is 0 Å². The van der Waals surface area contributed by atoms with Gasteiger partial charge in [0.05, 0.1) is 10.6 Å². The Morgan fingerprint density at radius 3 is 2.14 bits per heavy atom. The van der Waals surface area contributed by atoms with Gasteiger partial charge in [-0.3, -0.25) is 9.52 Å². The molecule has 29 heavy (non-hydrogen) atoms. The molecule has 3 rings (SSSR count). The van der Waals surface area contributed by atoms with Crippen LogP contribution in [0.2, 0.25) is 0 Å². The Labute approximate surface area is 171 Å². The lowest BCUT2D eigenvalue weighted by molar-refractivity contribution is 0.102. The number of benzene rings is 3. The molecule has 1 amide bonds. The second-order valence-corrected chi connectivity index (χ2v) is 8.75. The van der Waals surface area contributed by atoms with Gasteiger partial charge in [0, 0.05) is 11.3 Å². The van der Waals surface area contributed by atoms with E-state index >= 15 is 0 Å². The fourth-order valence-electron chi connectivity index (χ4n) is 3.00. The largest absolute Gasteiger partial charge is 0.322 e. The molecule has 0 bridgehead atoms. The van der Waals surface area contributed by atoms with Gasteiger partial charge in [-0.1, -0.05) is 36.4 Å². The van der Waals surface area contributed by atoms with Crippen LogP contribution in [-0.2, 0) is 10.0 Å². The first kappa shape index (κ1) is 20.6. The highest BCUT2D eigenvalue weighted by atomic mass is 32.2. The lowest BCUT2D eigenvalue weighted by Gasteiger charge is -2.15. The maximum absolute atomic E-state index is 13.0. The zero-order chi connectivity index (χ0) is 21.2. The summed E-state index contributed by atoms with van der Waals surface area (Å²) in [4.78, 5) is 12.8. The SMILES string of the molecule is Cc1ccccc1NC(=O)c1ccc(C)c(S(=O)(=O)Nc2cccc(C)c2C)c1. The lowest BCUT2D eigenvalue weighted by atomic mass is 10.1. The van der Waals surface area contributed by atoms with E-state index in [0.29, 0.717) is 16.9 Å². The summed E-state index contributed by atoms with van der Waals surface area (Å²) in [6.07, 6.45) is 0. The number of para-hydroxylation sites is 1. The molecule has 0 unspecified atom stereocenters. The van der Waals surface area contributed by atoms with E-state index in [1.165, 1.54) is 6.07 Å². The van der Waals surface area contributed by atoms with E-state index in [9.17, 15) is 13.2 Å². The van der Waals surface area contributed by atoms with Gasteiger partial charge in [0.25, 0.3) is 15.9 Å². The van der Waals surface area contributed by atoms with Gasteiger partial charge < -0.3 is 5.32 Å². The Balaban J connectivity index is 1.93. The molecular weight excluding hydrogens is 384 g/mol. The van der Waals surface area contributed by atoms with Gasteiger partial charge in [0.15, 0.2) is 0 Å². The fraction of sp³-hybridized carbons (Fsp3) is 0.174. The van der Waals surface area contributed by atoms with Crippen LogP contribution < -0.4 is 10.0 Å². The second kappa shape index (κ2) is 8.09. The molecule has 0 aliphatic rings. The highest BCUT2D eigenvalue weighted by Gasteiger charge is 2.20. The number of nitrogens with one attached hydrogen (secondary N) is 2. The molecule has 0 heterocycles. The van der Waals surface area contributed by atoms with Crippen molar-refractivity contribution < 1.29 is 13.2 Å². The minimum atomic E-state index is -3.85. The summed E-state index contributed by atoms with van der Waals surface area (Å²) in [6.45, 7) is 7.40. The normalized spacial score (nSPS) is 11.2. The van der Waals surface area contributed by atoms with Crippen molar-refractivity contribution in [3.8, 4) is 0 Å². The quantitative estimate of drug-likeness (QED) is 0.626. The first-order valence-corrected chi connectivity index (χ1v) is 10.7. The van der Waals surface area contributed by atoms with Gasteiger partial charge in [-0.25, -0.2) is 8.42 Å². The molecule has 0 aliphatic heterocycles. The zero-order valence-electron chi connectivity index (χ0n) is 16.9. The molecule has 3 aromatic rings. The third-order valence-electron chi connectivity index (χ3n) is 4.98. The second-order valence-electron chi connectivity index (χ2n) is 7.10. The minimum absolute atomic E-state index is 0.0795. The molecule has 0 atom stereocenters. The van der Waals surface area contributed by atoms with Crippen molar-refractivity contribution in [3.05, 3.63) is 88.5 Å². The smallest absolute Gasteiger partial charge is 0.262 e. The molecule has 5 nitrogen and oxygen atoms in total. The van der Waals surface area contributed by atoms with E-state index < -0.39 is 10.0 Å². The number of carbonyl (C=O) groups is 1. The lowest BCUT2D eigenvalue weighted by Crippen LogP contribution is -2.18. The summed E-state index contributed by atoms with van der Waals surface area (Å²) >= 11 is 0. The van der Waals surface area contributed by atoms with Gasteiger partial charge in [0.1, 0.15) is 0 Å². The van der Waals surface area contributed by atoms with E-state index in [1.807, 2.05) is 45.0 Å². The van der Waals surface area contributed by atoms with E-state index in [1.54, 1.807) is 37.3 Å². The molecule has 150 valence electrons. The Hall–Kier alpha value is -3.12. The molecule has 0 fully saturated rings. The third-order valence-corrected chi connectivity index (χ3v) is 6.49. The predicted molar refractivity (Wildman–Crippen MR) is 117 cm³/mol. The first-order chi connectivity index (χ1) is 13.7. The summed E-state index contributed by atoms with van der Waals surface area (Å²) in [6, 6.07) is 17.6. The van der Waals surface area contributed by atoms with Crippen molar-refractivity contribution in [3.63, 3.8) is 0 Å². The molecule has 0 saturated carbocycles. The van der Waals surface area contributed by atoms with Crippen LogP contribution in [0.15, 0.2) is 65.6 Å². The van der Waals surface area contributed by atoms with Crippen LogP contribution in [0.5, 0.6) is 0 Å². The van der Waals surface area contributed by atoms with Crippen molar-refractivity contribution in [2.45, 2.75) is 32.6 Å². The number of hydrogen-bond donors (Lipinski definition) is 2. The Bertz CT molecular complexity index is 1180. The van der Waals surface area contributed by atoms with Gasteiger partial charge >= 0.3 is 0 Å². The van der Waals surface area contributed by atoms with Gasteiger partial charge in [-0.05, 0) is 74.2 Å². The molecule has 3 aromatic carbocycles. The van der Waals surface area contributed by atoms with Gasteiger partial charge in [0.2, 0.25) is 0 Å². The number of anilines is 2. The summed E-state index contributed by atoms with van der Waals surface area (Å²) in [7, 11) is -3.85. The average molecular weight is 409 g/mol. The molecule has 0 radical (unpaired) electrons. The topological polar surface area (TPSA) is 75.3 Å². The van der Waals surface area contributed by atoms with E-state index in [0.717, 1.165) is 16.7 Å². The number of hydrogen-bond acceptors (Lipinski definition) is 3. The summed E-state index contributed by atoms with van der Waals surface area (Å²) in [5, 5.41) is 2.84. The Morgan fingerprint density at radius 2 is 1.41 bits per heavy atom. The van der Waals surface area contributed by atoms with Crippen LogP contribution in [0.4, 0.5) is 11.4 Å². The van der Waals surface area contributed by atoms with E-state index in [2.05, 4.69) is 10.0 Å². The molecular formula is C23H24N2O3S. The number of rotatable bonds is 5. The summed E-state index contributed by atoms with van der Waals surface area (Å²) in [5.41, 5.74) is 4.85. The summed E-state index contributed by atoms with van der Waals surface area (Å²) < 4.78 is 28.7. The van der Waals surface area contributed by atoms with Crippen LogP contribution >= 0.6 is 0 Å². The molecule has 0 spiro atoms. The fourth-order valence-corrected chi connectivity index (χ4v) is 4.39. The van der Waals surface area contributed by atoms with E-state index in [4.69, 9.17) is 0 Å². The number of sulfonamides is 1. The van der Waals surface area contributed by atoms with Crippen molar-refractivity contribution in [2.24, 2.45) is 0 Å². The number of amides is 1.